The third-order valence-corrected chi connectivity index (χ3v) is 10.3. The van der Waals surface area contributed by atoms with Crippen LogP contribution in [-0.2, 0) is 0 Å². The van der Waals surface area contributed by atoms with Crippen molar-refractivity contribution < 1.29 is 0 Å². The molecule has 0 radical (unpaired) electrons. The molecular formula is C51H34N4. The number of aromatic nitrogens is 4. The van der Waals surface area contributed by atoms with Gasteiger partial charge in [-0.2, -0.15) is 5.10 Å². The summed E-state index contributed by atoms with van der Waals surface area (Å²) in [6.07, 6.45) is 0. The minimum absolute atomic E-state index is 0.679. The number of fused-ring (bicyclic) bond motifs is 3. The van der Waals surface area contributed by atoms with Gasteiger partial charge in [0.2, 0.25) is 0 Å². The van der Waals surface area contributed by atoms with E-state index in [1.807, 2.05) is 18.2 Å². The van der Waals surface area contributed by atoms with Crippen LogP contribution < -0.4 is 0 Å². The predicted molar refractivity (Wildman–Crippen MR) is 227 cm³/mol. The minimum Gasteiger partial charge on any atom is -0.232 e. The smallest absolute Gasteiger partial charge is 0.160 e. The molecule has 0 unspecified atom stereocenters. The first-order chi connectivity index (χ1) is 27.3. The Bertz CT molecular complexity index is 2920. The molecule has 0 saturated heterocycles. The maximum atomic E-state index is 5.40. The van der Waals surface area contributed by atoms with Crippen LogP contribution in [-0.4, -0.2) is 19.7 Å². The molecule has 0 aliphatic carbocycles. The first kappa shape index (κ1) is 32.2. The Morgan fingerprint density at radius 1 is 0.345 bits per heavy atom. The SMILES string of the molecule is c1ccc(-c2ccc(-c3nc(-c4ccccc4)cc(-c4cccc5c4cc(-c4ccccc4)c4c(-c6ccccc6)nn(-c6ccccc6)c45)n3)cc2)cc1. The molecule has 4 nitrogen and oxygen atoms in total. The highest BCUT2D eigenvalue weighted by Crippen LogP contribution is 2.44. The Morgan fingerprint density at radius 2 is 0.873 bits per heavy atom. The average Bonchev–Trinajstić information content (AvgIpc) is 3.69. The van der Waals surface area contributed by atoms with Crippen molar-refractivity contribution in [2.24, 2.45) is 0 Å². The van der Waals surface area contributed by atoms with E-state index in [4.69, 9.17) is 15.1 Å². The van der Waals surface area contributed by atoms with Crippen LogP contribution >= 0.6 is 0 Å². The van der Waals surface area contributed by atoms with E-state index in [1.54, 1.807) is 0 Å². The van der Waals surface area contributed by atoms with Crippen molar-refractivity contribution >= 4 is 21.7 Å². The van der Waals surface area contributed by atoms with Gasteiger partial charge in [-0.15, -0.1) is 0 Å². The molecule has 0 N–H and O–H groups in total. The van der Waals surface area contributed by atoms with Gasteiger partial charge in [0.1, 0.15) is 5.69 Å². The summed E-state index contributed by atoms with van der Waals surface area (Å²) < 4.78 is 2.12. The van der Waals surface area contributed by atoms with Crippen LogP contribution in [0.5, 0.6) is 0 Å². The van der Waals surface area contributed by atoms with Crippen LogP contribution in [0.4, 0.5) is 0 Å². The monoisotopic (exact) mass is 702 g/mol. The van der Waals surface area contributed by atoms with E-state index in [0.717, 1.165) is 83.4 Å². The summed E-state index contributed by atoms with van der Waals surface area (Å²) in [4.78, 5) is 10.5. The number of para-hydroxylation sites is 1. The van der Waals surface area contributed by atoms with E-state index >= 15 is 0 Å². The molecule has 2 heterocycles. The van der Waals surface area contributed by atoms with E-state index < -0.39 is 0 Å². The summed E-state index contributed by atoms with van der Waals surface area (Å²) in [6, 6.07) is 72.0. The lowest BCUT2D eigenvalue weighted by atomic mass is 9.91. The summed E-state index contributed by atoms with van der Waals surface area (Å²) in [7, 11) is 0. The van der Waals surface area contributed by atoms with Crippen LogP contribution in [0.1, 0.15) is 0 Å². The first-order valence-corrected chi connectivity index (χ1v) is 18.5. The molecule has 0 amide bonds. The minimum atomic E-state index is 0.679. The number of nitrogens with zero attached hydrogens (tertiary/aromatic N) is 4. The van der Waals surface area contributed by atoms with Crippen molar-refractivity contribution in [3.8, 4) is 73.1 Å². The molecule has 0 aliphatic heterocycles. The third-order valence-electron chi connectivity index (χ3n) is 10.3. The molecule has 4 heteroatoms. The Balaban J connectivity index is 1.26. The van der Waals surface area contributed by atoms with E-state index in [-0.39, 0.29) is 0 Å². The molecule has 258 valence electrons. The van der Waals surface area contributed by atoms with Gasteiger partial charge in [0.05, 0.1) is 22.6 Å². The zero-order valence-electron chi connectivity index (χ0n) is 29.9. The standard InChI is InChI=1S/C51H34N4/c1-6-17-35(18-7-1)36-29-31-40(32-30-36)51-52-46(38-21-10-3-11-22-38)34-47(53-51)42-27-16-28-43-45(42)33-44(37-19-8-2-9-20-37)48-49(39-23-12-4-13-24-39)54-55(50(43)48)41-25-14-5-15-26-41/h1-34H. The van der Waals surface area contributed by atoms with Gasteiger partial charge in [-0.3, -0.25) is 0 Å². The van der Waals surface area contributed by atoms with E-state index in [1.165, 1.54) is 5.56 Å². The maximum Gasteiger partial charge on any atom is 0.160 e. The Labute approximate surface area is 319 Å². The lowest BCUT2D eigenvalue weighted by Gasteiger charge is -2.15. The predicted octanol–water partition coefficient (Wildman–Crippen LogP) is 13.0. The van der Waals surface area contributed by atoms with E-state index in [2.05, 4.69) is 193 Å². The molecule has 8 aromatic carbocycles. The second-order valence-corrected chi connectivity index (χ2v) is 13.6. The molecule has 0 fully saturated rings. The molecule has 0 bridgehead atoms. The molecule has 10 aromatic rings. The van der Waals surface area contributed by atoms with Crippen molar-refractivity contribution in [1.29, 1.82) is 0 Å². The summed E-state index contributed by atoms with van der Waals surface area (Å²) in [5, 5.41) is 8.69. The largest absolute Gasteiger partial charge is 0.232 e. The average molecular weight is 703 g/mol. The van der Waals surface area contributed by atoms with Gasteiger partial charge in [0.25, 0.3) is 0 Å². The topological polar surface area (TPSA) is 43.6 Å². The number of benzene rings is 8. The number of hydrogen-bond acceptors (Lipinski definition) is 3. The van der Waals surface area contributed by atoms with Gasteiger partial charge in [-0.1, -0.05) is 182 Å². The normalized spacial score (nSPS) is 11.3. The number of rotatable bonds is 7. The zero-order valence-corrected chi connectivity index (χ0v) is 29.9. The highest BCUT2D eigenvalue weighted by molar-refractivity contribution is 6.19. The fourth-order valence-corrected chi connectivity index (χ4v) is 7.60. The highest BCUT2D eigenvalue weighted by atomic mass is 15.3. The molecule has 0 atom stereocenters. The quantitative estimate of drug-likeness (QED) is 0.166. The Morgan fingerprint density at radius 3 is 1.53 bits per heavy atom. The summed E-state index contributed by atoms with van der Waals surface area (Å²) in [5.41, 5.74) is 13.4. The first-order valence-electron chi connectivity index (χ1n) is 18.5. The molecule has 10 rings (SSSR count). The van der Waals surface area contributed by atoms with Crippen molar-refractivity contribution in [3.63, 3.8) is 0 Å². The maximum absolute atomic E-state index is 5.40. The van der Waals surface area contributed by atoms with Crippen LogP contribution in [0.3, 0.4) is 0 Å². The molecule has 0 aliphatic rings. The summed E-state index contributed by atoms with van der Waals surface area (Å²) in [6.45, 7) is 0. The fraction of sp³-hybridized carbons (Fsp3) is 0. The van der Waals surface area contributed by atoms with E-state index in [0.29, 0.717) is 5.82 Å². The fourth-order valence-electron chi connectivity index (χ4n) is 7.60. The molecule has 55 heavy (non-hydrogen) atoms. The second kappa shape index (κ2) is 13.8. The van der Waals surface area contributed by atoms with Gasteiger partial charge in [-0.05, 0) is 51.9 Å². The van der Waals surface area contributed by atoms with Gasteiger partial charge in [-0.25, -0.2) is 14.6 Å². The molecular weight excluding hydrogens is 669 g/mol. The zero-order chi connectivity index (χ0) is 36.6. The lowest BCUT2D eigenvalue weighted by Crippen LogP contribution is -1.98. The van der Waals surface area contributed by atoms with Gasteiger partial charge >= 0.3 is 0 Å². The highest BCUT2D eigenvalue weighted by Gasteiger charge is 2.23. The van der Waals surface area contributed by atoms with Crippen LogP contribution in [0.25, 0.3) is 94.8 Å². The number of hydrogen-bond donors (Lipinski definition) is 0. The molecule has 0 saturated carbocycles. The van der Waals surface area contributed by atoms with Crippen molar-refractivity contribution in [2.75, 3.05) is 0 Å². The Hall–Kier alpha value is -7.43. The van der Waals surface area contributed by atoms with Gasteiger partial charge < -0.3 is 0 Å². The summed E-state index contributed by atoms with van der Waals surface area (Å²) in [5.74, 6) is 0.679. The van der Waals surface area contributed by atoms with Crippen molar-refractivity contribution in [3.05, 3.63) is 206 Å². The van der Waals surface area contributed by atoms with E-state index in [9.17, 15) is 0 Å². The van der Waals surface area contributed by atoms with Gasteiger partial charge in [0.15, 0.2) is 5.82 Å². The van der Waals surface area contributed by atoms with Crippen LogP contribution in [0.15, 0.2) is 206 Å². The summed E-state index contributed by atoms with van der Waals surface area (Å²) >= 11 is 0. The lowest BCUT2D eigenvalue weighted by molar-refractivity contribution is 0.918. The Kier molecular flexibility index (Phi) is 8.12. The second-order valence-electron chi connectivity index (χ2n) is 13.6. The van der Waals surface area contributed by atoms with Crippen LogP contribution in [0, 0.1) is 0 Å². The van der Waals surface area contributed by atoms with Crippen LogP contribution in [0.2, 0.25) is 0 Å². The van der Waals surface area contributed by atoms with Crippen molar-refractivity contribution in [2.45, 2.75) is 0 Å². The third kappa shape index (κ3) is 5.96. The van der Waals surface area contributed by atoms with Crippen molar-refractivity contribution in [1.82, 2.24) is 19.7 Å². The molecule has 2 aromatic heterocycles. The van der Waals surface area contributed by atoms with Gasteiger partial charge in [0, 0.05) is 33.0 Å². The molecule has 0 spiro atoms.